The molecule has 0 amide bonds. The van der Waals surface area contributed by atoms with Crippen LogP contribution in [0, 0.1) is 0 Å². The van der Waals surface area contributed by atoms with E-state index in [1.807, 2.05) is 29.8 Å². The van der Waals surface area contributed by atoms with Crippen LogP contribution in [0.4, 0.5) is 0 Å². The summed E-state index contributed by atoms with van der Waals surface area (Å²) in [6, 6.07) is 5.94. The van der Waals surface area contributed by atoms with E-state index >= 15 is 0 Å². The molecule has 1 unspecified atom stereocenters. The molecule has 20 heavy (non-hydrogen) atoms. The highest BCUT2D eigenvalue weighted by atomic mass is 16.3. The second-order valence-electron chi connectivity index (χ2n) is 5.48. The third kappa shape index (κ3) is 3.79. The van der Waals surface area contributed by atoms with Crippen LogP contribution in [-0.4, -0.2) is 53.3 Å². The van der Waals surface area contributed by atoms with Crippen LogP contribution >= 0.6 is 0 Å². The number of fused-ring (bicyclic) bond motifs is 1. The Hall–Kier alpha value is -1.43. The van der Waals surface area contributed by atoms with Crippen molar-refractivity contribution in [2.75, 3.05) is 33.7 Å². The van der Waals surface area contributed by atoms with Gasteiger partial charge in [-0.25, -0.2) is 4.98 Å². The monoisotopic (exact) mass is 276 g/mol. The summed E-state index contributed by atoms with van der Waals surface area (Å²) in [6.07, 6.45) is 2.39. The molecule has 0 spiro atoms. The average Bonchev–Trinajstić information content (AvgIpc) is 2.79. The molecule has 0 aliphatic heterocycles. The fourth-order valence-corrected chi connectivity index (χ4v) is 2.24. The van der Waals surface area contributed by atoms with Gasteiger partial charge in [-0.15, -0.1) is 0 Å². The first-order valence-electron chi connectivity index (χ1n) is 7.02. The van der Waals surface area contributed by atoms with E-state index in [1.54, 1.807) is 6.33 Å². The predicted molar refractivity (Wildman–Crippen MR) is 81.7 cm³/mol. The highest BCUT2D eigenvalue weighted by Crippen LogP contribution is 2.18. The average molecular weight is 276 g/mol. The molecular formula is C15H24N4O. The normalized spacial score (nSPS) is 13.2. The molecule has 0 aliphatic rings. The minimum Gasteiger partial charge on any atom is -0.387 e. The van der Waals surface area contributed by atoms with Gasteiger partial charge >= 0.3 is 0 Å². The maximum Gasteiger partial charge on any atom is 0.0955 e. The van der Waals surface area contributed by atoms with E-state index < -0.39 is 6.10 Å². The van der Waals surface area contributed by atoms with Gasteiger partial charge in [0.2, 0.25) is 0 Å². The quantitative estimate of drug-likeness (QED) is 0.745. The van der Waals surface area contributed by atoms with Gasteiger partial charge in [-0.2, -0.15) is 0 Å². The lowest BCUT2D eigenvalue weighted by molar-refractivity contribution is 0.174. The number of nitrogens with zero attached hydrogens (tertiary/aromatic N) is 3. The van der Waals surface area contributed by atoms with Crippen molar-refractivity contribution >= 4 is 11.0 Å². The van der Waals surface area contributed by atoms with Crippen LogP contribution in [0.15, 0.2) is 24.5 Å². The van der Waals surface area contributed by atoms with Crippen molar-refractivity contribution in [1.29, 1.82) is 0 Å². The first-order chi connectivity index (χ1) is 9.58. The molecule has 1 aromatic heterocycles. The fourth-order valence-electron chi connectivity index (χ4n) is 2.24. The molecule has 0 saturated carbocycles. The van der Waals surface area contributed by atoms with Crippen molar-refractivity contribution in [3.63, 3.8) is 0 Å². The summed E-state index contributed by atoms with van der Waals surface area (Å²) in [5, 5.41) is 13.5. The van der Waals surface area contributed by atoms with E-state index in [0.717, 1.165) is 36.1 Å². The zero-order valence-corrected chi connectivity index (χ0v) is 12.5. The van der Waals surface area contributed by atoms with Crippen LogP contribution in [0.2, 0.25) is 0 Å². The number of aliphatic hydroxyl groups excluding tert-OH is 1. The topological polar surface area (TPSA) is 53.3 Å². The fraction of sp³-hybridized carbons (Fsp3) is 0.533. The van der Waals surface area contributed by atoms with Crippen LogP contribution < -0.4 is 5.32 Å². The Kier molecular flexibility index (Phi) is 5.11. The number of aromatic nitrogens is 2. The van der Waals surface area contributed by atoms with E-state index in [4.69, 9.17) is 0 Å². The predicted octanol–water partition coefficient (Wildman–Crippen LogP) is 1.15. The van der Waals surface area contributed by atoms with Gasteiger partial charge in [0, 0.05) is 13.6 Å². The van der Waals surface area contributed by atoms with Crippen molar-refractivity contribution in [3.05, 3.63) is 30.1 Å². The zero-order valence-electron chi connectivity index (χ0n) is 12.5. The third-order valence-electron chi connectivity index (χ3n) is 3.43. The molecular weight excluding hydrogens is 252 g/mol. The Labute approximate surface area is 120 Å². The molecule has 0 radical (unpaired) electrons. The van der Waals surface area contributed by atoms with Gasteiger partial charge < -0.3 is 19.9 Å². The molecule has 2 N–H and O–H groups in total. The van der Waals surface area contributed by atoms with Crippen LogP contribution in [0.25, 0.3) is 11.0 Å². The second-order valence-corrected chi connectivity index (χ2v) is 5.48. The summed E-state index contributed by atoms with van der Waals surface area (Å²) in [5.74, 6) is 0. The molecule has 110 valence electrons. The molecule has 1 aromatic carbocycles. The molecule has 1 heterocycles. The number of nitrogens with one attached hydrogen (secondary N) is 1. The van der Waals surface area contributed by atoms with E-state index in [0.29, 0.717) is 6.54 Å². The van der Waals surface area contributed by atoms with Gasteiger partial charge in [-0.05, 0) is 51.3 Å². The van der Waals surface area contributed by atoms with Crippen LogP contribution in [0.5, 0.6) is 0 Å². The lowest BCUT2D eigenvalue weighted by Gasteiger charge is -2.13. The van der Waals surface area contributed by atoms with Gasteiger partial charge in [0.15, 0.2) is 0 Å². The molecule has 0 bridgehead atoms. The maximum atomic E-state index is 10.2. The summed E-state index contributed by atoms with van der Waals surface area (Å²) < 4.78 is 1.98. The minimum atomic E-state index is -0.485. The number of rotatable bonds is 7. The number of imidazole rings is 1. The van der Waals surface area contributed by atoms with Gasteiger partial charge in [-0.3, -0.25) is 0 Å². The highest BCUT2D eigenvalue weighted by molar-refractivity contribution is 5.76. The first kappa shape index (κ1) is 15.0. The number of hydrogen-bond acceptors (Lipinski definition) is 4. The standard InChI is InChI=1S/C15H24N4O/c1-18(2)8-4-7-16-10-15(20)12-5-6-14-13(9-12)17-11-19(14)3/h5-6,9,11,15-16,20H,4,7-8,10H2,1-3H3. The van der Waals surface area contributed by atoms with Crippen LogP contribution in [0.3, 0.4) is 0 Å². The number of aryl methyl sites for hydroxylation is 1. The molecule has 0 fully saturated rings. The SMILES string of the molecule is CN(C)CCCNCC(O)c1ccc2c(c1)ncn2C. The molecule has 5 heteroatoms. The zero-order chi connectivity index (χ0) is 14.5. The van der Waals surface area contributed by atoms with Crippen molar-refractivity contribution in [2.45, 2.75) is 12.5 Å². The largest absolute Gasteiger partial charge is 0.387 e. The van der Waals surface area contributed by atoms with Crippen LogP contribution in [-0.2, 0) is 7.05 Å². The number of benzene rings is 1. The third-order valence-corrected chi connectivity index (χ3v) is 3.43. The van der Waals surface area contributed by atoms with Crippen molar-refractivity contribution < 1.29 is 5.11 Å². The van der Waals surface area contributed by atoms with Gasteiger partial charge in [0.1, 0.15) is 0 Å². The van der Waals surface area contributed by atoms with Crippen molar-refractivity contribution in [3.8, 4) is 0 Å². The summed E-state index contributed by atoms with van der Waals surface area (Å²) in [7, 11) is 6.10. The Morgan fingerprint density at radius 3 is 2.95 bits per heavy atom. The Bertz CT molecular complexity index is 550. The molecule has 2 aromatic rings. The molecule has 5 nitrogen and oxygen atoms in total. The number of aliphatic hydroxyl groups is 1. The maximum absolute atomic E-state index is 10.2. The lowest BCUT2D eigenvalue weighted by Crippen LogP contribution is -2.25. The number of hydrogen-bond donors (Lipinski definition) is 2. The van der Waals surface area contributed by atoms with E-state index in [1.165, 1.54) is 0 Å². The second kappa shape index (κ2) is 6.83. The molecule has 1 atom stereocenters. The molecule has 0 saturated heterocycles. The Balaban J connectivity index is 1.86. The summed E-state index contributed by atoms with van der Waals surface area (Å²) >= 11 is 0. The minimum absolute atomic E-state index is 0.485. The van der Waals surface area contributed by atoms with E-state index in [9.17, 15) is 5.11 Å². The lowest BCUT2D eigenvalue weighted by atomic mass is 10.1. The first-order valence-corrected chi connectivity index (χ1v) is 7.02. The summed E-state index contributed by atoms with van der Waals surface area (Å²) in [4.78, 5) is 6.48. The summed E-state index contributed by atoms with van der Waals surface area (Å²) in [6.45, 7) is 2.55. The molecule has 0 aliphatic carbocycles. The van der Waals surface area contributed by atoms with Gasteiger partial charge in [0.25, 0.3) is 0 Å². The van der Waals surface area contributed by atoms with Crippen molar-refractivity contribution in [2.24, 2.45) is 7.05 Å². The highest BCUT2D eigenvalue weighted by Gasteiger charge is 2.09. The van der Waals surface area contributed by atoms with Crippen molar-refractivity contribution in [1.82, 2.24) is 19.8 Å². The Morgan fingerprint density at radius 1 is 1.40 bits per heavy atom. The Morgan fingerprint density at radius 2 is 2.20 bits per heavy atom. The van der Waals surface area contributed by atoms with Crippen LogP contribution in [0.1, 0.15) is 18.1 Å². The van der Waals surface area contributed by atoms with Gasteiger partial charge in [-0.1, -0.05) is 6.07 Å². The van der Waals surface area contributed by atoms with E-state index in [-0.39, 0.29) is 0 Å². The van der Waals surface area contributed by atoms with Gasteiger partial charge in [0.05, 0.1) is 23.5 Å². The van der Waals surface area contributed by atoms with E-state index in [2.05, 4.69) is 29.3 Å². The molecule has 2 rings (SSSR count). The smallest absolute Gasteiger partial charge is 0.0955 e. The summed E-state index contributed by atoms with van der Waals surface area (Å²) in [5.41, 5.74) is 2.92.